The molecule has 1 unspecified atom stereocenters. The van der Waals surface area contributed by atoms with Crippen LogP contribution in [-0.2, 0) is 30.2 Å². The van der Waals surface area contributed by atoms with Crippen LogP contribution in [-0.4, -0.2) is 35.8 Å². The van der Waals surface area contributed by atoms with Gasteiger partial charge in [0.1, 0.15) is 0 Å². The number of unbranched alkanes of at least 4 members (excludes halogenated alkanes) is 1. The number of aryl methyl sites for hydroxylation is 1. The number of nitrogens with zero attached hydrogens (tertiary/aromatic N) is 1. The number of aromatic nitrogens is 1. The van der Waals surface area contributed by atoms with E-state index in [0.717, 1.165) is 12.0 Å². The van der Waals surface area contributed by atoms with E-state index in [1.165, 1.54) is 0 Å². The largest absolute Gasteiger partial charge is 0.418 e. The van der Waals surface area contributed by atoms with Crippen LogP contribution < -0.4 is 0 Å². The number of rotatable bonds is 11. The van der Waals surface area contributed by atoms with E-state index in [9.17, 15) is 14.4 Å². The number of esters is 2. The lowest BCUT2D eigenvalue weighted by Crippen LogP contribution is -2.47. The maximum Gasteiger partial charge on any atom is 0.387 e. The van der Waals surface area contributed by atoms with Gasteiger partial charge in [-0.1, -0.05) is 24.3 Å². The number of hydrogen-bond donors (Lipinski definition) is 0. The Hall–Kier alpha value is -3.06. The van der Waals surface area contributed by atoms with Gasteiger partial charge >= 0.3 is 24.2 Å². The summed E-state index contributed by atoms with van der Waals surface area (Å²) in [6.45, 7) is 1.76. The molecule has 2 aromatic rings. The number of hydrogen-bond acceptors (Lipinski definition) is 7. The monoisotopic (exact) mass is 385 g/mol. The molecule has 0 radical (unpaired) electrons. The van der Waals surface area contributed by atoms with Crippen molar-refractivity contribution in [1.29, 1.82) is 0 Å². The van der Waals surface area contributed by atoms with Crippen molar-refractivity contribution in [2.45, 2.75) is 38.4 Å². The highest BCUT2D eigenvalue weighted by molar-refractivity contribution is 5.93. The smallest absolute Gasteiger partial charge is 0.387 e. The van der Waals surface area contributed by atoms with Gasteiger partial charge in [-0.25, -0.2) is 9.59 Å². The minimum Gasteiger partial charge on any atom is -0.418 e. The quantitative estimate of drug-likeness (QED) is 0.193. The molecule has 0 saturated carbocycles. The van der Waals surface area contributed by atoms with Crippen LogP contribution in [0.3, 0.4) is 0 Å². The first-order valence-electron chi connectivity index (χ1n) is 9.07. The normalized spacial score (nSPS) is 12.6. The summed E-state index contributed by atoms with van der Waals surface area (Å²) in [4.78, 5) is 39.7. The standard InChI is InChI=1S/C21H23NO6/c1-2-27-21(20(25)26-16-23,28-19(24)18-11-4-3-5-12-18)13-7-6-9-17-10-8-14-22-15-17/h3-5,8,10-12,14-16H,2,6-7,9,13H2,1H3. The van der Waals surface area contributed by atoms with E-state index in [4.69, 9.17) is 9.47 Å². The molecule has 0 amide bonds. The molecule has 148 valence electrons. The molecule has 1 aromatic carbocycles. The summed E-state index contributed by atoms with van der Waals surface area (Å²) in [7, 11) is 0. The Kier molecular flexibility index (Phi) is 8.30. The van der Waals surface area contributed by atoms with Crippen molar-refractivity contribution in [2.75, 3.05) is 6.61 Å². The Morgan fingerprint density at radius 3 is 2.54 bits per heavy atom. The Labute approximate surface area is 163 Å². The van der Waals surface area contributed by atoms with Crippen LogP contribution in [0.5, 0.6) is 0 Å². The molecule has 0 aliphatic carbocycles. The van der Waals surface area contributed by atoms with Gasteiger partial charge in [0, 0.05) is 25.4 Å². The highest BCUT2D eigenvalue weighted by Crippen LogP contribution is 2.25. The van der Waals surface area contributed by atoms with E-state index >= 15 is 0 Å². The van der Waals surface area contributed by atoms with Crippen molar-refractivity contribution >= 4 is 18.4 Å². The average Bonchev–Trinajstić information content (AvgIpc) is 2.72. The van der Waals surface area contributed by atoms with E-state index in [2.05, 4.69) is 9.72 Å². The van der Waals surface area contributed by atoms with E-state index < -0.39 is 17.7 Å². The maximum absolute atomic E-state index is 12.5. The molecule has 1 aromatic heterocycles. The van der Waals surface area contributed by atoms with Crippen LogP contribution in [0.25, 0.3) is 0 Å². The third-order valence-electron chi connectivity index (χ3n) is 4.05. The molecule has 1 atom stereocenters. The second-order valence-electron chi connectivity index (χ2n) is 6.01. The summed E-state index contributed by atoms with van der Waals surface area (Å²) in [5.74, 6) is -3.75. The van der Waals surface area contributed by atoms with Gasteiger partial charge in [-0.15, -0.1) is 0 Å². The lowest BCUT2D eigenvalue weighted by Gasteiger charge is -2.29. The van der Waals surface area contributed by atoms with Gasteiger partial charge in [0.05, 0.1) is 5.56 Å². The van der Waals surface area contributed by atoms with Crippen molar-refractivity contribution in [3.05, 3.63) is 66.0 Å². The SMILES string of the molecule is CCOC(CCCCc1cccnc1)(OC(=O)c1ccccc1)C(=O)OC=O. The van der Waals surface area contributed by atoms with Gasteiger partial charge < -0.3 is 14.2 Å². The molecular weight excluding hydrogens is 362 g/mol. The number of carbonyl (C=O) groups is 3. The van der Waals surface area contributed by atoms with Crippen molar-refractivity contribution in [2.24, 2.45) is 0 Å². The van der Waals surface area contributed by atoms with Crippen molar-refractivity contribution in [3.63, 3.8) is 0 Å². The average molecular weight is 385 g/mol. The molecule has 1 heterocycles. The number of pyridine rings is 1. The molecule has 7 nitrogen and oxygen atoms in total. The molecule has 0 bridgehead atoms. The predicted molar refractivity (Wildman–Crippen MR) is 100 cm³/mol. The lowest BCUT2D eigenvalue weighted by molar-refractivity contribution is -0.227. The van der Waals surface area contributed by atoms with Gasteiger partial charge in [-0.05, 0) is 49.9 Å². The van der Waals surface area contributed by atoms with Gasteiger partial charge in [0.15, 0.2) is 0 Å². The van der Waals surface area contributed by atoms with E-state index in [-0.39, 0.29) is 25.1 Å². The fraction of sp³-hybridized carbons (Fsp3) is 0.333. The molecular formula is C21H23NO6. The van der Waals surface area contributed by atoms with Gasteiger partial charge in [0.25, 0.3) is 0 Å². The van der Waals surface area contributed by atoms with Crippen molar-refractivity contribution in [3.8, 4) is 0 Å². The fourth-order valence-electron chi connectivity index (χ4n) is 2.74. The summed E-state index contributed by atoms with van der Waals surface area (Å²) in [6, 6.07) is 12.0. The van der Waals surface area contributed by atoms with Crippen LogP contribution in [0, 0.1) is 0 Å². The van der Waals surface area contributed by atoms with Crippen LogP contribution in [0.4, 0.5) is 0 Å². The second kappa shape index (κ2) is 10.9. The summed E-state index contributed by atoms with van der Waals surface area (Å²) in [5.41, 5.74) is 1.32. The molecule has 0 spiro atoms. The first kappa shape index (κ1) is 21.2. The topological polar surface area (TPSA) is 91.8 Å². The molecule has 7 heteroatoms. The minimum atomic E-state index is -1.97. The molecule has 0 aliphatic rings. The number of ether oxygens (including phenoxy) is 3. The van der Waals surface area contributed by atoms with Gasteiger partial charge in [-0.2, -0.15) is 0 Å². The van der Waals surface area contributed by atoms with Crippen LogP contribution in [0.15, 0.2) is 54.9 Å². The third kappa shape index (κ3) is 5.99. The van der Waals surface area contributed by atoms with Gasteiger partial charge in [0.2, 0.25) is 0 Å². The highest BCUT2D eigenvalue weighted by atomic mass is 16.7. The second-order valence-corrected chi connectivity index (χ2v) is 6.01. The maximum atomic E-state index is 12.5. The molecule has 0 aliphatic heterocycles. The number of carbonyl (C=O) groups excluding carboxylic acids is 3. The van der Waals surface area contributed by atoms with Crippen LogP contribution >= 0.6 is 0 Å². The Bertz CT molecular complexity index is 765. The van der Waals surface area contributed by atoms with Crippen molar-refractivity contribution in [1.82, 2.24) is 4.98 Å². The molecule has 0 fully saturated rings. The summed E-state index contributed by atoms with van der Waals surface area (Å²) >= 11 is 0. The first-order valence-corrected chi connectivity index (χ1v) is 9.07. The van der Waals surface area contributed by atoms with E-state index in [0.29, 0.717) is 12.8 Å². The highest BCUT2D eigenvalue weighted by Gasteiger charge is 2.45. The van der Waals surface area contributed by atoms with Crippen LogP contribution in [0.1, 0.15) is 42.1 Å². The third-order valence-corrected chi connectivity index (χ3v) is 4.05. The number of benzene rings is 1. The van der Waals surface area contributed by atoms with Crippen LogP contribution in [0.2, 0.25) is 0 Å². The fourth-order valence-corrected chi connectivity index (χ4v) is 2.74. The van der Waals surface area contributed by atoms with Gasteiger partial charge in [-0.3, -0.25) is 9.78 Å². The Balaban J connectivity index is 2.10. The minimum absolute atomic E-state index is 0.00208. The van der Waals surface area contributed by atoms with Crippen molar-refractivity contribution < 1.29 is 28.6 Å². The molecule has 28 heavy (non-hydrogen) atoms. The summed E-state index contributed by atoms with van der Waals surface area (Å²) < 4.78 is 15.4. The lowest BCUT2D eigenvalue weighted by atomic mass is 10.0. The Morgan fingerprint density at radius 1 is 1.11 bits per heavy atom. The summed E-state index contributed by atoms with van der Waals surface area (Å²) in [6.07, 6.45) is 5.48. The molecule has 0 saturated heterocycles. The summed E-state index contributed by atoms with van der Waals surface area (Å²) in [5, 5.41) is 0. The molecule has 2 rings (SSSR count). The predicted octanol–water partition coefficient (Wildman–Crippen LogP) is 3.08. The molecule has 0 N–H and O–H groups in total. The zero-order valence-electron chi connectivity index (χ0n) is 15.7. The van der Waals surface area contributed by atoms with E-state index in [1.807, 2.05) is 12.1 Å². The zero-order chi connectivity index (χ0) is 20.2. The Morgan fingerprint density at radius 2 is 1.89 bits per heavy atom. The first-order chi connectivity index (χ1) is 13.6. The zero-order valence-corrected chi connectivity index (χ0v) is 15.7. The van der Waals surface area contributed by atoms with E-state index in [1.54, 1.807) is 49.6 Å².